The zero-order valence-electron chi connectivity index (χ0n) is 15.1. The summed E-state index contributed by atoms with van der Waals surface area (Å²) in [7, 11) is 3.92. The van der Waals surface area contributed by atoms with Crippen molar-refractivity contribution in [3.8, 4) is 6.07 Å². The Bertz CT molecular complexity index is 973. The number of para-hydroxylation sites is 1. The summed E-state index contributed by atoms with van der Waals surface area (Å²) in [5.74, 6) is -0.281. The van der Waals surface area contributed by atoms with Gasteiger partial charge in [0.15, 0.2) is 0 Å². The molecule has 134 valence electrons. The van der Waals surface area contributed by atoms with Crippen molar-refractivity contribution in [2.75, 3.05) is 29.6 Å². The molecule has 0 aliphatic rings. The number of hydrogen-bond acceptors (Lipinski definition) is 5. The maximum absolute atomic E-state index is 12.4. The minimum Gasteiger partial charge on any atom is -0.378 e. The molecule has 1 amide bonds. The number of pyridine rings is 1. The van der Waals surface area contributed by atoms with E-state index in [0.717, 1.165) is 5.69 Å². The first-order valence-corrected chi connectivity index (χ1v) is 8.38. The van der Waals surface area contributed by atoms with E-state index in [-0.39, 0.29) is 5.91 Å². The fourth-order valence-electron chi connectivity index (χ4n) is 2.49. The maximum atomic E-state index is 12.4. The smallest absolute Gasteiger partial charge is 0.274 e. The average molecular weight is 357 g/mol. The summed E-state index contributed by atoms with van der Waals surface area (Å²) < 4.78 is 0. The molecule has 3 aromatic rings. The predicted octanol–water partition coefficient (Wildman–Crippen LogP) is 4.02. The van der Waals surface area contributed by atoms with Crippen LogP contribution in [-0.4, -0.2) is 25.0 Å². The van der Waals surface area contributed by atoms with Crippen molar-refractivity contribution >= 4 is 28.7 Å². The standard InChI is InChI=1S/C21H19N5O/c1-26(2)18-10-7-16(8-11-18)25-21(27)20-12-9-17(14-23-20)24-19-6-4-3-5-15(19)13-22/h3-12,14,24H,1-2H3,(H,25,27). The first kappa shape index (κ1) is 18.0. The third-order valence-electron chi connectivity index (χ3n) is 3.96. The monoisotopic (exact) mass is 357 g/mol. The topological polar surface area (TPSA) is 81.0 Å². The molecular weight excluding hydrogens is 338 g/mol. The average Bonchev–Trinajstić information content (AvgIpc) is 2.69. The Morgan fingerprint density at radius 1 is 1.00 bits per heavy atom. The molecule has 0 atom stereocenters. The largest absolute Gasteiger partial charge is 0.378 e. The summed E-state index contributed by atoms with van der Waals surface area (Å²) in [5.41, 5.74) is 4.01. The number of nitriles is 1. The number of carbonyl (C=O) groups excluding carboxylic acids is 1. The lowest BCUT2D eigenvalue weighted by Crippen LogP contribution is -2.14. The van der Waals surface area contributed by atoms with Crippen molar-refractivity contribution in [3.63, 3.8) is 0 Å². The van der Waals surface area contributed by atoms with Crippen LogP contribution >= 0.6 is 0 Å². The Labute approximate surface area is 158 Å². The van der Waals surface area contributed by atoms with Crippen molar-refractivity contribution in [1.29, 1.82) is 5.26 Å². The van der Waals surface area contributed by atoms with E-state index in [1.54, 1.807) is 30.5 Å². The van der Waals surface area contributed by atoms with E-state index in [9.17, 15) is 4.79 Å². The van der Waals surface area contributed by atoms with Crippen molar-refractivity contribution in [1.82, 2.24) is 4.98 Å². The third-order valence-corrected chi connectivity index (χ3v) is 3.96. The van der Waals surface area contributed by atoms with E-state index in [4.69, 9.17) is 5.26 Å². The van der Waals surface area contributed by atoms with Crippen LogP contribution in [0.3, 0.4) is 0 Å². The van der Waals surface area contributed by atoms with Crippen molar-refractivity contribution in [3.05, 3.63) is 78.1 Å². The molecule has 2 N–H and O–H groups in total. The summed E-state index contributed by atoms with van der Waals surface area (Å²) in [6.45, 7) is 0. The molecule has 6 nitrogen and oxygen atoms in total. The molecule has 0 bridgehead atoms. The molecule has 0 spiro atoms. The summed E-state index contributed by atoms with van der Waals surface area (Å²) >= 11 is 0. The van der Waals surface area contributed by atoms with E-state index in [1.165, 1.54) is 0 Å². The molecule has 0 saturated carbocycles. The van der Waals surface area contributed by atoms with Gasteiger partial charge in [0.25, 0.3) is 5.91 Å². The minimum absolute atomic E-state index is 0.281. The number of amides is 1. The lowest BCUT2D eigenvalue weighted by Gasteiger charge is -2.13. The summed E-state index contributed by atoms with van der Waals surface area (Å²) in [5, 5.41) is 15.1. The van der Waals surface area contributed by atoms with E-state index < -0.39 is 0 Å². The van der Waals surface area contributed by atoms with Gasteiger partial charge in [0.2, 0.25) is 0 Å². The van der Waals surface area contributed by atoms with Gasteiger partial charge in [-0.05, 0) is 48.5 Å². The molecule has 1 aromatic heterocycles. The molecule has 0 unspecified atom stereocenters. The summed E-state index contributed by atoms with van der Waals surface area (Å²) in [6.07, 6.45) is 1.57. The van der Waals surface area contributed by atoms with Gasteiger partial charge in [0.05, 0.1) is 23.1 Å². The SMILES string of the molecule is CN(C)c1ccc(NC(=O)c2ccc(Nc3ccccc3C#N)cn2)cc1. The van der Waals surface area contributed by atoms with Gasteiger partial charge in [-0.3, -0.25) is 4.79 Å². The van der Waals surface area contributed by atoms with Crippen molar-refractivity contribution < 1.29 is 4.79 Å². The first-order chi connectivity index (χ1) is 13.1. The van der Waals surface area contributed by atoms with Gasteiger partial charge in [-0.25, -0.2) is 4.98 Å². The normalized spacial score (nSPS) is 9.96. The van der Waals surface area contributed by atoms with Gasteiger partial charge in [0.1, 0.15) is 11.8 Å². The van der Waals surface area contributed by atoms with Crippen LogP contribution in [0, 0.1) is 11.3 Å². The summed E-state index contributed by atoms with van der Waals surface area (Å²) in [4.78, 5) is 18.6. The number of nitrogens with zero attached hydrogens (tertiary/aromatic N) is 3. The van der Waals surface area contributed by atoms with Crippen LogP contribution in [0.2, 0.25) is 0 Å². The van der Waals surface area contributed by atoms with Crippen LogP contribution in [0.15, 0.2) is 66.9 Å². The lowest BCUT2D eigenvalue weighted by atomic mass is 10.2. The Kier molecular flexibility index (Phi) is 5.33. The van der Waals surface area contributed by atoms with Gasteiger partial charge >= 0.3 is 0 Å². The number of anilines is 4. The second-order valence-electron chi connectivity index (χ2n) is 6.11. The number of nitrogens with one attached hydrogen (secondary N) is 2. The highest BCUT2D eigenvalue weighted by Crippen LogP contribution is 2.20. The number of aromatic nitrogens is 1. The molecule has 0 aliphatic heterocycles. The highest BCUT2D eigenvalue weighted by molar-refractivity contribution is 6.03. The maximum Gasteiger partial charge on any atom is 0.274 e. The molecule has 0 radical (unpaired) electrons. The van der Waals surface area contributed by atoms with Gasteiger partial charge in [-0.15, -0.1) is 0 Å². The fourth-order valence-corrected chi connectivity index (χ4v) is 2.49. The van der Waals surface area contributed by atoms with Gasteiger partial charge in [-0.2, -0.15) is 5.26 Å². The Morgan fingerprint density at radius 2 is 1.70 bits per heavy atom. The third kappa shape index (κ3) is 4.41. The number of carbonyl (C=O) groups is 1. The second kappa shape index (κ2) is 8.02. The second-order valence-corrected chi connectivity index (χ2v) is 6.11. The zero-order valence-corrected chi connectivity index (χ0v) is 15.1. The van der Waals surface area contributed by atoms with Crippen LogP contribution < -0.4 is 15.5 Å². The molecular formula is C21H19N5O. The van der Waals surface area contributed by atoms with E-state index >= 15 is 0 Å². The number of hydrogen-bond donors (Lipinski definition) is 2. The molecule has 6 heteroatoms. The fraction of sp³-hybridized carbons (Fsp3) is 0.0952. The van der Waals surface area contributed by atoms with Crippen LogP contribution in [0.1, 0.15) is 16.1 Å². The lowest BCUT2D eigenvalue weighted by molar-refractivity contribution is 0.102. The minimum atomic E-state index is -0.281. The van der Waals surface area contributed by atoms with Crippen LogP contribution in [0.25, 0.3) is 0 Å². The molecule has 1 heterocycles. The first-order valence-electron chi connectivity index (χ1n) is 8.38. The molecule has 0 fully saturated rings. The molecule has 2 aromatic carbocycles. The van der Waals surface area contributed by atoms with Gasteiger partial charge in [0, 0.05) is 25.5 Å². The number of benzene rings is 2. The van der Waals surface area contributed by atoms with Gasteiger partial charge in [-0.1, -0.05) is 12.1 Å². The predicted molar refractivity (Wildman–Crippen MR) is 107 cm³/mol. The Hall–Kier alpha value is -3.85. The van der Waals surface area contributed by atoms with Gasteiger partial charge < -0.3 is 15.5 Å². The molecule has 27 heavy (non-hydrogen) atoms. The Balaban J connectivity index is 1.67. The van der Waals surface area contributed by atoms with Crippen molar-refractivity contribution in [2.45, 2.75) is 0 Å². The van der Waals surface area contributed by atoms with E-state index in [1.807, 2.05) is 55.4 Å². The molecule has 0 saturated heterocycles. The quantitative estimate of drug-likeness (QED) is 0.721. The van der Waals surface area contributed by atoms with Crippen LogP contribution in [-0.2, 0) is 0 Å². The van der Waals surface area contributed by atoms with Crippen LogP contribution in [0.4, 0.5) is 22.7 Å². The highest BCUT2D eigenvalue weighted by atomic mass is 16.1. The van der Waals surface area contributed by atoms with Crippen molar-refractivity contribution in [2.24, 2.45) is 0 Å². The Morgan fingerprint density at radius 3 is 2.33 bits per heavy atom. The van der Waals surface area contributed by atoms with E-state index in [2.05, 4.69) is 21.7 Å². The van der Waals surface area contributed by atoms with Crippen LogP contribution in [0.5, 0.6) is 0 Å². The zero-order chi connectivity index (χ0) is 19.2. The highest BCUT2D eigenvalue weighted by Gasteiger charge is 2.09. The molecule has 0 aliphatic carbocycles. The summed E-state index contributed by atoms with van der Waals surface area (Å²) in [6, 6.07) is 20.3. The molecule has 3 rings (SSSR count). The van der Waals surface area contributed by atoms with E-state index in [0.29, 0.717) is 28.3 Å². The number of rotatable bonds is 5.